The minimum Gasteiger partial charge on any atom is -0.0620 e. The average molecular weight is 433 g/mol. The zero-order valence-corrected chi connectivity index (χ0v) is 21.0. The van der Waals surface area contributed by atoms with Crippen LogP contribution in [0.5, 0.6) is 0 Å². The van der Waals surface area contributed by atoms with Gasteiger partial charge in [0.25, 0.3) is 0 Å². The molecule has 0 atom stereocenters. The van der Waals surface area contributed by atoms with Crippen molar-refractivity contribution >= 4 is 0 Å². The molecule has 0 radical (unpaired) electrons. The van der Waals surface area contributed by atoms with Crippen molar-refractivity contribution in [2.75, 3.05) is 0 Å². The molecule has 0 bridgehead atoms. The van der Waals surface area contributed by atoms with Crippen LogP contribution in [-0.4, -0.2) is 0 Å². The van der Waals surface area contributed by atoms with Crippen LogP contribution in [0.15, 0.2) is 72.8 Å². The number of benzene rings is 4. The van der Waals surface area contributed by atoms with E-state index in [1.54, 1.807) is 0 Å². The summed E-state index contributed by atoms with van der Waals surface area (Å²) in [6.07, 6.45) is 2.97. The van der Waals surface area contributed by atoms with E-state index in [0.29, 0.717) is 0 Å². The molecule has 0 spiro atoms. The van der Waals surface area contributed by atoms with Gasteiger partial charge in [0.05, 0.1) is 0 Å². The first-order chi connectivity index (χ1) is 15.8. The van der Waals surface area contributed by atoms with Gasteiger partial charge in [0, 0.05) is 0 Å². The van der Waals surface area contributed by atoms with E-state index in [2.05, 4.69) is 114 Å². The van der Waals surface area contributed by atoms with E-state index < -0.39 is 0 Å². The van der Waals surface area contributed by atoms with Gasteiger partial charge in [0.15, 0.2) is 0 Å². The van der Waals surface area contributed by atoms with E-state index in [1.165, 1.54) is 66.8 Å². The molecule has 0 aliphatic heterocycles. The van der Waals surface area contributed by atoms with Crippen molar-refractivity contribution < 1.29 is 0 Å². The quantitative estimate of drug-likeness (QED) is 0.287. The van der Waals surface area contributed by atoms with Gasteiger partial charge in [0.2, 0.25) is 0 Å². The van der Waals surface area contributed by atoms with E-state index in [1.807, 2.05) is 0 Å². The van der Waals surface area contributed by atoms with Crippen LogP contribution >= 0.6 is 0 Å². The monoisotopic (exact) mass is 432 g/mol. The van der Waals surface area contributed by atoms with E-state index >= 15 is 0 Å². The fourth-order valence-electron chi connectivity index (χ4n) is 4.86. The fourth-order valence-corrected chi connectivity index (χ4v) is 4.86. The fraction of sp³-hybridized carbons (Fsp3) is 0.273. The standard InChI is InChI=1S/C33H36/c1-22-11-7-9-13-30(22)20-32-18-28(15-24(3)26(32)5)17-29-16-25(4)27(6)33(19-29)21-31-14-10-8-12-23(31)2/h7-16,18-19H,17,20-21H2,1-6H3. The van der Waals surface area contributed by atoms with Crippen molar-refractivity contribution in [2.24, 2.45) is 0 Å². The lowest BCUT2D eigenvalue weighted by Gasteiger charge is -2.16. The second-order valence-corrected chi connectivity index (χ2v) is 9.78. The predicted molar refractivity (Wildman–Crippen MR) is 143 cm³/mol. The van der Waals surface area contributed by atoms with Crippen molar-refractivity contribution in [3.05, 3.63) is 140 Å². The van der Waals surface area contributed by atoms with Crippen LogP contribution in [0.3, 0.4) is 0 Å². The topological polar surface area (TPSA) is 0 Å². The van der Waals surface area contributed by atoms with Gasteiger partial charge >= 0.3 is 0 Å². The second-order valence-electron chi connectivity index (χ2n) is 9.78. The zero-order chi connectivity index (χ0) is 23.5. The third kappa shape index (κ3) is 5.28. The number of aryl methyl sites for hydroxylation is 4. The molecular weight excluding hydrogens is 396 g/mol. The number of hydrogen-bond donors (Lipinski definition) is 0. The maximum Gasteiger partial charge on any atom is -0.00203 e. The van der Waals surface area contributed by atoms with Gasteiger partial charge in [0.1, 0.15) is 0 Å². The molecule has 168 valence electrons. The molecule has 0 aliphatic rings. The van der Waals surface area contributed by atoms with E-state index in [4.69, 9.17) is 0 Å². The van der Waals surface area contributed by atoms with Crippen LogP contribution in [0.25, 0.3) is 0 Å². The molecule has 0 heterocycles. The molecule has 4 rings (SSSR count). The number of rotatable bonds is 6. The molecule has 0 saturated heterocycles. The maximum absolute atomic E-state index is 2.44. The van der Waals surface area contributed by atoms with Crippen molar-refractivity contribution in [3.63, 3.8) is 0 Å². The van der Waals surface area contributed by atoms with Gasteiger partial charge in [-0.25, -0.2) is 0 Å². The summed E-state index contributed by atoms with van der Waals surface area (Å²) in [6, 6.07) is 27.1. The Labute approximate surface area is 200 Å². The molecule has 0 unspecified atom stereocenters. The summed E-state index contributed by atoms with van der Waals surface area (Å²) in [5, 5.41) is 0. The van der Waals surface area contributed by atoms with Gasteiger partial charge in [-0.1, -0.05) is 72.8 Å². The second kappa shape index (κ2) is 9.79. The first-order valence-corrected chi connectivity index (χ1v) is 12.1. The molecule has 0 nitrogen and oxygen atoms in total. The van der Waals surface area contributed by atoms with Gasteiger partial charge in [-0.3, -0.25) is 0 Å². The average Bonchev–Trinajstić information content (AvgIpc) is 2.78. The first-order valence-electron chi connectivity index (χ1n) is 12.1. The molecule has 0 heteroatoms. The third-order valence-electron chi connectivity index (χ3n) is 7.36. The van der Waals surface area contributed by atoms with Crippen LogP contribution in [0.2, 0.25) is 0 Å². The Morgan fingerprint density at radius 3 is 1.18 bits per heavy atom. The molecule has 0 aliphatic carbocycles. The normalized spacial score (nSPS) is 11.1. The predicted octanol–water partition coefficient (Wildman–Crippen LogP) is 8.31. The highest BCUT2D eigenvalue weighted by atomic mass is 14.2. The molecule has 0 N–H and O–H groups in total. The van der Waals surface area contributed by atoms with Crippen LogP contribution in [0.4, 0.5) is 0 Å². The Morgan fingerprint density at radius 1 is 0.394 bits per heavy atom. The minimum absolute atomic E-state index is 0.976. The van der Waals surface area contributed by atoms with Crippen LogP contribution in [0, 0.1) is 41.5 Å². The Balaban J connectivity index is 1.65. The van der Waals surface area contributed by atoms with E-state index in [-0.39, 0.29) is 0 Å². The summed E-state index contributed by atoms with van der Waals surface area (Å²) in [6.45, 7) is 13.5. The van der Waals surface area contributed by atoms with Gasteiger partial charge < -0.3 is 0 Å². The van der Waals surface area contributed by atoms with Crippen molar-refractivity contribution in [2.45, 2.75) is 60.8 Å². The summed E-state index contributed by atoms with van der Waals surface area (Å²) in [5.74, 6) is 0. The summed E-state index contributed by atoms with van der Waals surface area (Å²) in [4.78, 5) is 0. The highest BCUT2D eigenvalue weighted by Crippen LogP contribution is 2.26. The molecule has 0 aromatic heterocycles. The first kappa shape index (κ1) is 23.1. The van der Waals surface area contributed by atoms with Crippen molar-refractivity contribution in [3.8, 4) is 0 Å². The lowest BCUT2D eigenvalue weighted by Crippen LogP contribution is -2.02. The maximum atomic E-state index is 2.44. The van der Waals surface area contributed by atoms with Crippen molar-refractivity contribution in [1.82, 2.24) is 0 Å². The van der Waals surface area contributed by atoms with E-state index in [9.17, 15) is 0 Å². The van der Waals surface area contributed by atoms with Crippen LogP contribution in [0.1, 0.15) is 66.8 Å². The smallest absolute Gasteiger partial charge is 0.00203 e. The summed E-state index contributed by atoms with van der Waals surface area (Å²) < 4.78 is 0. The summed E-state index contributed by atoms with van der Waals surface area (Å²) >= 11 is 0. The van der Waals surface area contributed by atoms with Gasteiger partial charge in [-0.05, 0) is 128 Å². The Bertz CT molecular complexity index is 1190. The Morgan fingerprint density at radius 2 is 0.788 bits per heavy atom. The number of hydrogen-bond acceptors (Lipinski definition) is 0. The molecule has 0 saturated carbocycles. The summed E-state index contributed by atoms with van der Waals surface area (Å²) in [5.41, 5.74) is 16.9. The Kier molecular flexibility index (Phi) is 6.84. The molecular formula is C33H36. The highest BCUT2D eigenvalue weighted by molar-refractivity contribution is 5.46. The zero-order valence-electron chi connectivity index (χ0n) is 21.0. The van der Waals surface area contributed by atoms with Gasteiger partial charge in [-0.2, -0.15) is 0 Å². The SMILES string of the molecule is Cc1ccccc1Cc1cc(Cc2cc(C)c(C)c(Cc3ccccc3C)c2)cc(C)c1C. The molecule has 0 fully saturated rings. The lowest BCUT2D eigenvalue weighted by molar-refractivity contribution is 1.06. The van der Waals surface area contributed by atoms with E-state index in [0.717, 1.165) is 19.3 Å². The lowest BCUT2D eigenvalue weighted by atomic mass is 9.89. The largest absolute Gasteiger partial charge is 0.0620 e. The Hall–Kier alpha value is -3.12. The van der Waals surface area contributed by atoms with Crippen LogP contribution < -0.4 is 0 Å². The van der Waals surface area contributed by atoms with Crippen LogP contribution in [-0.2, 0) is 19.3 Å². The third-order valence-corrected chi connectivity index (χ3v) is 7.36. The minimum atomic E-state index is 0.976. The molecule has 4 aromatic rings. The molecule has 4 aromatic carbocycles. The van der Waals surface area contributed by atoms with Crippen molar-refractivity contribution in [1.29, 1.82) is 0 Å². The molecule has 33 heavy (non-hydrogen) atoms. The summed E-state index contributed by atoms with van der Waals surface area (Å²) in [7, 11) is 0. The highest BCUT2D eigenvalue weighted by Gasteiger charge is 2.11. The molecule has 0 amide bonds. The van der Waals surface area contributed by atoms with Gasteiger partial charge in [-0.15, -0.1) is 0 Å².